The first-order valence-corrected chi connectivity index (χ1v) is 7.42. The third kappa shape index (κ3) is 3.74. The van der Waals surface area contributed by atoms with E-state index < -0.39 is 11.6 Å². The first-order chi connectivity index (χ1) is 11.9. The molecule has 8 nitrogen and oxygen atoms in total. The molecule has 0 bridgehead atoms. The van der Waals surface area contributed by atoms with Crippen LogP contribution in [0.2, 0.25) is 0 Å². The Kier molecular flexibility index (Phi) is 4.34. The monoisotopic (exact) mass is 341 g/mol. The Bertz CT molecular complexity index is 1020. The standard InChI is InChI=1S/C17H15N3O5/c1-10(21)19-13-3-4-14-11(5-16(22)25-15(14)6-13)9-24-17(23)12-7-18-20(2)8-12/h3-8H,9H2,1-2H3,(H,19,21). The molecule has 0 saturated carbocycles. The summed E-state index contributed by atoms with van der Waals surface area (Å²) in [6.07, 6.45) is 2.94. The summed E-state index contributed by atoms with van der Waals surface area (Å²) in [5, 5.41) is 7.14. The number of fused-ring (bicyclic) bond motifs is 1. The number of amides is 1. The maximum atomic E-state index is 12.0. The minimum absolute atomic E-state index is 0.0880. The molecule has 0 aliphatic rings. The lowest BCUT2D eigenvalue weighted by Gasteiger charge is -2.08. The maximum Gasteiger partial charge on any atom is 0.341 e. The summed E-state index contributed by atoms with van der Waals surface area (Å²) in [4.78, 5) is 34.9. The second-order valence-electron chi connectivity index (χ2n) is 5.46. The lowest BCUT2D eigenvalue weighted by atomic mass is 10.1. The molecule has 8 heteroatoms. The molecular formula is C17H15N3O5. The van der Waals surface area contributed by atoms with E-state index in [1.807, 2.05) is 0 Å². The Labute approximate surface area is 142 Å². The molecule has 3 rings (SSSR count). The van der Waals surface area contributed by atoms with Gasteiger partial charge in [0.05, 0.1) is 11.8 Å². The van der Waals surface area contributed by atoms with E-state index in [0.717, 1.165) is 0 Å². The number of rotatable bonds is 4. The van der Waals surface area contributed by atoms with Crippen LogP contribution in [0.1, 0.15) is 22.8 Å². The van der Waals surface area contributed by atoms with E-state index in [2.05, 4.69) is 10.4 Å². The fourth-order valence-electron chi connectivity index (χ4n) is 2.38. The van der Waals surface area contributed by atoms with Crippen molar-refractivity contribution in [1.29, 1.82) is 0 Å². The van der Waals surface area contributed by atoms with Crippen LogP contribution >= 0.6 is 0 Å². The van der Waals surface area contributed by atoms with Crippen molar-refractivity contribution in [2.45, 2.75) is 13.5 Å². The molecule has 0 radical (unpaired) electrons. The highest BCUT2D eigenvalue weighted by molar-refractivity contribution is 5.92. The van der Waals surface area contributed by atoms with Crippen molar-refractivity contribution in [3.8, 4) is 0 Å². The lowest BCUT2D eigenvalue weighted by Crippen LogP contribution is -2.08. The van der Waals surface area contributed by atoms with Gasteiger partial charge in [0.25, 0.3) is 0 Å². The highest BCUT2D eigenvalue weighted by Crippen LogP contribution is 2.22. The first-order valence-electron chi connectivity index (χ1n) is 7.42. The molecule has 3 aromatic rings. The fourth-order valence-corrected chi connectivity index (χ4v) is 2.38. The van der Waals surface area contributed by atoms with Gasteiger partial charge in [-0.25, -0.2) is 9.59 Å². The van der Waals surface area contributed by atoms with Gasteiger partial charge in [-0.15, -0.1) is 0 Å². The van der Waals surface area contributed by atoms with E-state index in [1.54, 1.807) is 31.4 Å². The van der Waals surface area contributed by atoms with Crippen LogP contribution in [0.25, 0.3) is 11.0 Å². The molecular weight excluding hydrogens is 326 g/mol. The van der Waals surface area contributed by atoms with Gasteiger partial charge in [0.2, 0.25) is 5.91 Å². The van der Waals surface area contributed by atoms with Crippen LogP contribution < -0.4 is 10.9 Å². The van der Waals surface area contributed by atoms with Crippen molar-refractivity contribution in [1.82, 2.24) is 9.78 Å². The van der Waals surface area contributed by atoms with Crippen LogP contribution in [0, 0.1) is 0 Å². The minimum Gasteiger partial charge on any atom is -0.457 e. The van der Waals surface area contributed by atoms with E-state index in [9.17, 15) is 14.4 Å². The number of benzene rings is 1. The molecule has 1 aromatic carbocycles. The summed E-state index contributed by atoms with van der Waals surface area (Å²) in [6, 6.07) is 6.19. The Morgan fingerprint density at radius 1 is 1.32 bits per heavy atom. The summed E-state index contributed by atoms with van der Waals surface area (Å²) in [6.45, 7) is 1.30. The number of esters is 1. The minimum atomic E-state index is -0.570. The van der Waals surface area contributed by atoms with Gasteiger partial charge < -0.3 is 14.5 Å². The number of aromatic nitrogens is 2. The van der Waals surface area contributed by atoms with Crippen LogP contribution in [0.5, 0.6) is 0 Å². The van der Waals surface area contributed by atoms with E-state index in [-0.39, 0.29) is 12.5 Å². The highest BCUT2D eigenvalue weighted by Gasteiger charge is 2.12. The van der Waals surface area contributed by atoms with Crippen molar-refractivity contribution in [2.24, 2.45) is 7.05 Å². The molecule has 25 heavy (non-hydrogen) atoms. The molecule has 0 saturated heterocycles. The third-order valence-corrected chi connectivity index (χ3v) is 3.45. The van der Waals surface area contributed by atoms with Crippen LogP contribution in [-0.2, 0) is 23.2 Å². The summed E-state index contributed by atoms with van der Waals surface area (Å²) in [5.41, 5.74) is 1.07. The number of hydrogen-bond acceptors (Lipinski definition) is 6. The average molecular weight is 341 g/mol. The van der Waals surface area contributed by atoms with E-state index >= 15 is 0 Å². The number of nitrogens with zero attached hydrogens (tertiary/aromatic N) is 2. The SMILES string of the molecule is CC(=O)Nc1ccc2c(COC(=O)c3cnn(C)c3)cc(=O)oc2c1. The molecule has 0 spiro atoms. The van der Waals surface area contributed by atoms with E-state index in [4.69, 9.17) is 9.15 Å². The number of hydrogen-bond donors (Lipinski definition) is 1. The van der Waals surface area contributed by atoms with Gasteiger partial charge in [-0.05, 0) is 12.1 Å². The molecule has 0 aliphatic heterocycles. The first kappa shape index (κ1) is 16.4. The second kappa shape index (κ2) is 6.60. The Morgan fingerprint density at radius 3 is 2.80 bits per heavy atom. The zero-order valence-corrected chi connectivity index (χ0v) is 13.6. The van der Waals surface area contributed by atoms with Crippen LogP contribution in [0.4, 0.5) is 5.69 Å². The van der Waals surface area contributed by atoms with Crippen LogP contribution in [0.3, 0.4) is 0 Å². The van der Waals surface area contributed by atoms with E-state index in [1.165, 1.54) is 23.9 Å². The number of nitrogens with one attached hydrogen (secondary N) is 1. The molecule has 1 amide bonds. The predicted molar refractivity (Wildman–Crippen MR) is 89.1 cm³/mol. The molecule has 0 aliphatic carbocycles. The maximum absolute atomic E-state index is 12.0. The molecule has 0 unspecified atom stereocenters. The number of carbonyl (C=O) groups excluding carboxylic acids is 2. The highest BCUT2D eigenvalue weighted by atomic mass is 16.5. The van der Waals surface area contributed by atoms with Gasteiger partial charge in [0.1, 0.15) is 12.2 Å². The van der Waals surface area contributed by atoms with Gasteiger partial charge in [-0.2, -0.15) is 5.10 Å². The van der Waals surface area contributed by atoms with Crippen molar-refractivity contribution in [3.05, 3.63) is 58.2 Å². The van der Waals surface area contributed by atoms with E-state index in [0.29, 0.717) is 27.8 Å². The summed E-state index contributed by atoms with van der Waals surface area (Å²) < 4.78 is 11.9. The summed E-state index contributed by atoms with van der Waals surface area (Å²) >= 11 is 0. The Hall–Kier alpha value is -3.42. The number of aryl methyl sites for hydroxylation is 1. The lowest BCUT2D eigenvalue weighted by molar-refractivity contribution is -0.114. The quantitative estimate of drug-likeness (QED) is 0.574. The zero-order chi connectivity index (χ0) is 18.0. The van der Waals surface area contributed by atoms with Crippen molar-refractivity contribution in [3.63, 3.8) is 0 Å². The summed E-state index contributed by atoms with van der Waals surface area (Å²) in [5.74, 6) is -0.771. The van der Waals surface area contributed by atoms with Gasteiger partial charge in [0.15, 0.2) is 0 Å². The molecule has 2 heterocycles. The molecule has 1 N–H and O–H groups in total. The predicted octanol–water partition coefficient (Wildman–Crippen LogP) is 1.84. The smallest absolute Gasteiger partial charge is 0.341 e. The number of carbonyl (C=O) groups is 2. The van der Waals surface area contributed by atoms with Gasteiger partial charge in [-0.1, -0.05) is 0 Å². The third-order valence-electron chi connectivity index (χ3n) is 3.45. The largest absolute Gasteiger partial charge is 0.457 e. The molecule has 2 aromatic heterocycles. The van der Waals surface area contributed by atoms with Crippen LogP contribution in [-0.4, -0.2) is 21.7 Å². The second-order valence-corrected chi connectivity index (χ2v) is 5.46. The number of ether oxygens (including phenoxy) is 1. The zero-order valence-electron chi connectivity index (χ0n) is 13.6. The van der Waals surface area contributed by atoms with Gasteiger partial charge in [0, 0.05) is 48.9 Å². The van der Waals surface area contributed by atoms with Crippen molar-refractivity contribution < 1.29 is 18.7 Å². The number of anilines is 1. The molecule has 0 fully saturated rings. The molecule has 128 valence electrons. The molecule has 0 atom stereocenters. The van der Waals surface area contributed by atoms with Crippen molar-refractivity contribution >= 4 is 28.5 Å². The fraction of sp³-hybridized carbons (Fsp3) is 0.176. The van der Waals surface area contributed by atoms with Gasteiger partial charge in [-0.3, -0.25) is 9.48 Å². The average Bonchev–Trinajstić information content (AvgIpc) is 2.97. The Balaban J connectivity index is 1.86. The normalized spacial score (nSPS) is 10.6. The van der Waals surface area contributed by atoms with Crippen molar-refractivity contribution in [2.75, 3.05) is 5.32 Å². The topological polar surface area (TPSA) is 103 Å². The van der Waals surface area contributed by atoms with Gasteiger partial charge >= 0.3 is 11.6 Å². The summed E-state index contributed by atoms with van der Waals surface area (Å²) in [7, 11) is 1.69. The van der Waals surface area contributed by atoms with Crippen LogP contribution in [0.15, 0.2) is 45.9 Å². The Morgan fingerprint density at radius 2 is 2.12 bits per heavy atom.